The fourth-order valence-electron chi connectivity index (χ4n) is 2.80. The van der Waals surface area contributed by atoms with Gasteiger partial charge in [-0.3, -0.25) is 9.69 Å². The third kappa shape index (κ3) is 4.70. The lowest BCUT2D eigenvalue weighted by molar-refractivity contribution is 0.0550. The first kappa shape index (κ1) is 19.9. The lowest BCUT2D eigenvalue weighted by atomic mass is 10.2. The molecular formula is C18H25ClN4O3Si. The van der Waals surface area contributed by atoms with Gasteiger partial charge in [-0.15, -0.1) is 0 Å². The summed E-state index contributed by atoms with van der Waals surface area (Å²) in [6.07, 6.45) is -1.20. The number of benzene rings is 1. The summed E-state index contributed by atoms with van der Waals surface area (Å²) in [7, 11) is -1.21. The minimum atomic E-state index is -1.21. The maximum absolute atomic E-state index is 12.5. The monoisotopic (exact) mass is 408 g/mol. The predicted octanol–water partition coefficient (Wildman–Crippen LogP) is 2.72. The van der Waals surface area contributed by atoms with Crippen molar-refractivity contribution in [2.24, 2.45) is 0 Å². The van der Waals surface area contributed by atoms with Crippen LogP contribution in [-0.4, -0.2) is 48.3 Å². The number of halogens is 1. The van der Waals surface area contributed by atoms with Crippen molar-refractivity contribution in [3.63, 3.8) is 0 Å². The van der Waals surface area contributed by atoms with E-state index in [9.17, 15) is 9.90 Å². The van der Waals surface area contributed by atoms with Crippen LogP contribution in [0.1, 0.15) is 16.1 Å². The van der Waals surface area contributed by atoms with E-state index < -0.39 is 20.3 Å². The van der Waals surface area contributed by atoms with Crippen molar-refractivity contribution in [2.75, 3.05) is 18.2 Å². The number of rotatable bonds is 7. The van der Waals surface area contributed by atoms with Gasteiger partial charge in [0.1, 0.15) is 6.73 Å². The maximum Gasteiger partial charge on any atom is 0.275 e. The number of aliphatic hydroxyl groups is 1. The van der Waals surface area contributed by atoms with Crippen molar-refractivity contribution in [2.45, 2.75) is 38.6 Å². The summed E-state index contributed by atoms with van der Waals surface area (Å²) in [6, 6.07) is 10.7. The second-order valence-electron chi connectivity index (χ2n) is 7.79. The molecule has 0 saturated carbocycles. The summed E-state index contributed by atoms with van der Waals surface area (Å²) in [5.74, 6) is -0.0774. The van der Waals surface area contributed by atoms with Crippen molar-refractivity contribution in [1.29, 1.82) is 0 Å². The van der Waals surface area contributed by atoms with Gasteiger partial charge in [-0.05, 0) is 23.2 Å². The molecule has 2 aromatic rings. The Kier molecular flexibility index (Phi) is 5.90. The zero-order valence-electron chi connectivity index (χ0n) is 15.8. The van der Waals surface area contributed by atoms with E-state index in [-0.39, 0.29) is 12.0 Å². The largest absolute Gasteiger partial charge is 0.361 e. The molecule has 0 spiro atoms. The summed E-state index contributed by atoms with van der Waals surface area (Å²) < 4.78 is 7.38. The number of ether oxygens (including phenoxy) is 1. The molecule has 1 aliphatic heterocycles. The van der Waals surface area contributed by atoms with E-state index in [1.54, 1.807) is 4.57 Å². The fourth-order valence-corrected chi connectivity index (χ4v) is 3.78. The molecule has 0 radical (unpaired) electrons. The Morgan fingerprint density at radius 1 is 1.30 bits per heavy atom. The zero-order valence-corrected chi connectivity index (χ0v) is 17.5. The van der Waals surface area contributed by atoms with Gasteiger partial charge in [-0.2, -0.15) is 4.98 Å². The van der Waals surface area contributed by atoms with Gasteiger partial charge in [0, 0.05) is 14.7 Å². The number of carbonyl (C=O) groups is 1. The Morgan fingerprint density at radius 3 is 2.67 bits per heavy atom. The molecule has 146 valence electrons. The SMILES string of the molecule is C[Si](C)(C)CCOCN1c2nc(Cl)n(Cc3ccccc3)c2C(=O)NC1O. The number of hydrogen-bond donors (Lipinski definition) is 2. The molecule has 1 aromatic heterocycles. The Morgan fingerprint density at radius 2 is 2.00 bits per heavy atom. The van der Waals surface area contributed by atoms with Gasteiger partial charge in [0.2, 0.25) is 11.6 Å². The van der Waals surface area contributed by atoms with Crippen LogP contribution >= 0.6 is 11.6 Å². The summed E-state index contributed by atoms with van der Waals surface area (Å²) in [5.41, 5.74) is 1.32. The van der Waals surface area contributed by atoms with E-state index in [1.807, 2.05) is 30.3 Å². The number of aliphatic hydroxyl groups excluding tert-OH is 1. The third-order valence-corrected chi connectivity index (χ3v) is 6.35. The van der Waals surface area contributed by atoms with Crippen LogP contribution < -0.4 is 10.2 Å². The Hall–Kier alpha value is -1.87. The summed E-state index contributed by atoms with van der Waals surface area (Å²) in [6.45, 7) is 7.95. The van der Waals surface area contributed by atoms with Crippen LogP contribution in [-0.2, 0) is 11.3 Å². The number of nitrogens with zero attached hydrogens (tertiary/aromatic N) is 3. The number of aromatic nitrogens is 2. The number of amides is 1. The lowest BCUT2D eigenvalue weighted by Gasteiger charge is -2.33. The summed E-state index contributed by atoms with van der Waals surface area (Å²) in [5, 5.41) is 13.0. The van der Waals surface area contributed by atoms with Crippen molar-refractivity contribution >= 4 is 31.4 Å². The molecule has 7 nitrogen and oxygen atoms in total. The van der Waals surface area contributed by atoms with E-state index in [0.29, 0.717) is 24.7 Å². The molecule has 1 aliphatic rings. The molecule has 0 saturated heterocycles. The average Bonchev–Trinajstić information content (AvgIpc) is 2.91. The van der Waals surface area contributed by atoms with Gasteiger partial charge in [-0.1, -0.05) is 50.0 Å². The Balaban J connectivity index is 1.81. The van der Waals surface area contributed by atoms with Crippen LogP contribution in [0.15, 0.2) is 30.3 Å². The van der Waals surface area contributed by atoms with E-state index in [1.165, 1.54) is 4.90 Å². The topological polar surface area (TPSA) is 79.6 Å². The predicted molar refractivity (Wildman–Crippen MR) is 108 cm³/mol. The molecule has 3 rings (SSSR count). The summed E-state index contributed by atoms with van der Waals surface area (Å²) >= 11 is 6.31. The standard InChI is InChI=1S/C18H25ClN4O3Si/c1-27(2,3)10-9-26-12-23-15-14(16(24)21-18(23)25)22(17(19)20-15)11-13-7-5-4-6-8-13/h4-8,18,25H,9-12H2,1-3H3,(H,21,24). The average molecular weight is 409 g/mol. The van der Waals surface area contributed by atoms with Crippen molar-refractivity contribution < 1.29 is 14.6 Å². The van der Waals surface area contributed by atoms with E-state index in [0.717, 1.165) is 11.6 Å². The van der Waals surface area contributed by atoms with Gasteiger partial charge in [0.05, 0.1) is 6.54 Å². The van der Waals surface area contributed by atoms with Gasteiger partial charge in [0.15, 0.2) is 11.5 Å². The number of nitrogens with one attached hydrogen (secondary N) is 1. The van der Waals surface area contributed by atoms with Gasteiger partial charge in [0.25, 0.3) is 5.91 Å². The number of hydrogen-bond acceptors (Lipinski definition) is 5. The molecule has 1 aromatic carbocycles. The second-order valence-corrected chi connectivity index (χ2v) is 13.7. The molecule has 0 bridgehead atoms. The molecule has 0 aliphatic carbocycles. The molecule has 1 atom stereocenters. The van der Waals surface area contributed by atoms with Crippen LogP contribution in [0.2, 0.25) is 31.0 Å². The minimum Gasteiger partial charge on any atom is -0.361 e. The normalized spacial score (nSPS) is 17.0. The molecular weight excluding hydrogens is 384 g/mol. The number of fused-ring (bicyclic) bond motifs is 1. The Labute approximate surface area is 164 Å². The molecule has 1 amide bonds. The fraction of sp³-hybridized carbons (Fsp3) is 0.444. The highest BCUT2D eigenvalue weighted by Gasteiger charge is 2.35. The number of imidazole rings is 1. The molecule has 0 fully saturated rings. The first-order valence-electron chi connectivity index (χ1n) is 8.89. The molecule has 2 N–H and O–H groups in total. The van der Waals surface area contributed by atoms with E-state index in [4.69, 9.17) is 16.3 Å². The third-order valence-electron chi connectivity index (χ3n) is 4.36. The van der Waals surface area contributed by atoms with Crippen LogP contribution in [0.4, 0.5) is 5.82 Å². The maximum atomic E-state index is 12.5. The highest BCUT2D eigenvalue weighted by atomic mass is 35.5. The highest BCUT2D eigenvalue weighted by molar-refractivity contribution is 6.76. The van der Waals surface area contributed by atoms with Crippen LogP contribution in [0, 0.1) is 0 Å². The van der Waals surface area contributed by atoms with Gasteiger partial charge in [-0.25, -0.2) is 0 Å². The zero-order chi connectivity index (χ0) is 19.6. The van der Waals surface area contributed by atoms with E-state index in [2.05, 4.69) is 29.9 Å². The highest BCUT2D eigenvalue weighted by Crippen LogP contribution is 2.29. The van der Waals surface area contributed by atoms with E-state index >= 15 is 0 Å². The number of carbonyl (C=O) groups excluding carboxylic acids is 1. The van der Waals surface area contributed by atoms with Crippen molar-refractivity contribution in [3.8, 4) is 0 Å². The van der Waals surface area contributed by atoms with Gasteiger partial charge < -0.3 is 19.7 Å². The van der Waals surface area contributed by atoms with Crippen LogP contribution in [0.25, 0.3) is 0 Å². The molecule has 9 heteroatoms. The molecule has 2 heterocycles. The smallest absolute Gasteiger partial charge is 0.275 e. The van der Waals surface area contributed by atoms with Crippen molar-refractivity contribution in [3.05, 3.63) is 46.9 Å². The van der Waals surface area contributed by atoms with Crippen molar-refractivity contribution in [1.82, 2.24) is 14.9 Å². The second kappa shape index (κ2) is 8.01. The molecule has 27 heavy (non-hydrogen) atoms. The first-order chi connectivity index (χ1) is 12.8. The quantitative estimate of drug-likeness (QED) is 0.544. The molecule has 1 unspecified atom stereocenters. The van der Waals surface area contributed by atoms with Crippen LogP contribution in [0.3, 0.4) is 0 Å². The lowest BCUT2D eigenvalue weighted by Crippen LogP contribution is -2.54. The minimum absolute atomic E-state index is 0.123. The first-order valence-corrected chi connectivity index (χ1v) is 13.0. The van der Waals surface area contributed by atoms with Gasteiger partial charge >= 0.3 is 0 Å². The number of anilines is 1. The Bertz CT molecular complexity index is 807. The van der Waals surface area contributed by atoms with Crippen LogP contribution in [0.5, 0.6) is 0 Å². The summed E-state index contributed by atoms with van der Waals surface area (Å²) in [4.78, 5) is 18.3.